The number of carbonyl (C=O) groups excluding carboxylic acids is 4. The van der Waals surface area contributed by atoms with Crippen LogP contribution in [0.15, 0.2) is 24.3 Å². The maximum Gasteiger partial charge on any atom is 0.326 e. The van der Waals surface area contributed by atoms with Crippen LogP contribution in [0.5, 0.6) is 0 Å². The highest BCUT2D eigenvalue weighted by Crippen LogP contribution is 2.12. The SMILES string of the molecule is CC(=O)Nc1ccc(C(=O)COC(=O)CN2CCCCCC2=O)cc1. The van der Waals surface area contributed by atoms with Gasteiger partial charge in [-0.25, -0.2) is 0 Å². The highest BCUT2D eigenvalue weighted by Gasteiger charge is 2.20. The number of hydrogen-bond donors (Lipinski definition) is 1. The summed E-state index contributed by atoms with van der Waals surface area (Å²) in [6.45, 7) is 1.45. The predicted molar refractivity (Wildman–Crippen MR) is 91.1 cm³/mol. The number of carbonyl (C=O) groups is 4. The van der Waals surface area contributed by atoms with Gasteiger partial charge in [0.05, 0.1) is 0 Å². The van der Waals surface area contributed by atoms with Crippen LogP contribution in [0.25, 0.3) is 0 Å². The van der Waals surface area contributed by atoms with Crippen molar-refractivity contribution in [3.63, 3.8) is 0 Å². The standard InChI is InChI=1S/C18H22N2O5/c1-13(21)19-15-8-6-14(7-9-15)16(22)12-25-18(24)11-20-10-4-2-3-5-17(20)23/h6-9H,2-5,10-12H2,1H3,(H,19,21). The van der Waals surface area contributed by atoms with Gasteiger partial charge in [-0.3, -0.25) is 19.2 Å². The van der Waals surface area contributed by atoms with Gasteiger partial charge in [-0.1, -0.05) is 6.42 Å². The third-order valence-corrected chi connectivity index (χ3v) is 3.88. The Morgan fingerprint density at radius 1 is 1.12 bits per heavy atom. The van der Waals surface area contributed by atoms with Crippen LogP contribution in [0.1, 0.15) is 43.0 Å². The fraction of sp³-hybridized carbons (Fsp3) is 0.444. The number of esters is 1. The smallest absolute Gasteiger partial charge is 0.326 e. The number of likely N-dealkylation sites (tertiary alicyclic amines) is 1. The number of anilines is 1. The molecule has 0 unspecified atom stereocenters. The number of rotatable bonds is 6. The number of ether oxygens (including phenoxy) is 1. The van der Waals surface area contributed by atoms with Gasteiger partial charge in [-0.05, 0) is 37.1 Å². The Bertz CT molecular complexity index is 654. The first-order chi connectivity index (χ1) is 12.0. The third-order valence-electron chi connectivity index (χ3n) is 3.88. The molecule has 2 amide bonds. The molecule has 1 N–H and O–H groups in total. The Morgan fingerprint density at radius 2 is 1.84 bits per heavy atom. The van der Waals surface area contributed by atoms with Gasteiger partial charge in [0, 0.05) is 31.1 Å². The van der Waals surface area contributed by atoms with Crippen molar-refractivity contribution in [2.24, 2.45) is 0 Å². The lowest BCUT2D eigenvalue weighted by Crippen LogP contribution is -2.36. The molecule has 7 nitrogen and oxygen atoms in total. The summed E-state index contributed by atoms with van der Waals surface area (Å²) in [5.74, 6) is -1.17. The van der Waals surface area contributed by atoms with E-state index in [2.05, 4.69) is 5.32 Å². The zero-order valence-electron chi connectivity index (χ0n) is 14.2. The molecule has 25 heavy (non-hydrogen) atoms. The minimum atomic E-state index is -0.585. The molecule has 2 rings (SSSR count). The molecule has 1 saturated heterocycles. The highest BCUT2D eigenvalue weighted by molar-refractivity contribution is 5.98. The van der Waals surface area contributed by atoms with Crippen molar-refractivity contribution >= 4 is 29.3 Å². The second-order valence-corrected chi connectivity index (χ2v) is 5.97. The average molecular weight is 346 g/mol. The van der Waals surface area contributed by atoms with Crippen molar-refractivity contribution in [3.8, 4) is 0 Å². The normalized spacial score (nSPS) is 14.6. The van der Waals surface area contributed by atoms with Crippen LogP contribution in [-0.4, -0.2) is 48.2 Å². The molecule has 0 aromatic heterocycles. The molecule has 1 aromatic carbocycles. The van der Waals surface area contributed by atoms with Gasteiger partial charge < -0.3 is 15.0 Å². The van der Waals surface area contributed by atoms with E-state index in [1.54, 1.807) is 24.3 Å². The topological polar surface area (TPSA) is 92.8 Å². The van der Waals surface area contributed by atoms with Crippen molar-refractivity contribution in [1.29, 1.82) is 0 Å². The van der Waals surface area contributed by atoms with Gasteiger partial charge in [0.15, 0.2) is 12.4 Å². The van der Waals surface area contributed by atoms with E-state index in [4.69, 9.17) is 4.74 Å². The van der Waals surface area contributed by atoms with Gasteiger partial charge >= 0.3 is 5.97 Å². The molecule has 1 fully saturated rings. The molecule has 1 heterocycles. The Balaban J connectivity index is 1.81. The number of hydrogen-bond acceptors (Lipinski definition) is 5. The van der Waals surface area contributed by atoms with Crippen LogP contribution in [-0.2, 0) is 19.1 Å². The van der Waals surface area contributed by atoms with Crippen molar-refractivity contribution in [3.05, 3.63) is 29.8 Å². The van der Waals surface area contributed by atoms with Crippen molar-refractivity contribution < 1.29 is 23.9 Å². The molecule has 7 heteroatoms. The number of nitrogens with zero attached hydrogens (tertiary/aromatic N) is 1. The van der Waals surface area contributed by atoms with Crippen LogP contribution >= 0.6 is 0 Å². The summed E-state index contributed by atoms with van der Waals surface area (Å²) in [6.07, 6.45) is 3.15. The quantitative estimate of drug-likeness (QED) is 0.626. The monoisotopic (exact) mass is 346 g/mol. The molecule has 134 valence electrons. The molecule has 1 aliphatic heterocycles. The first kappa shape index (κ1) is 18.6. The van der Waals surface area contributed by atoms with Crippen molar-refractivity contribution in [1.82, 2.24) is 4.90 Å². The molecule has 1 aromatic rings. The summed E-state index contributed by atoms with van der Waals surface area (Å²) < 4.78 is 4.99. The Kier molecular flexibility index (Phi) is 6.68. The largest absolute Gasteiger partial charge is 0.456 e. The fourth-order valence-corrected chi connectivity index (χ4v) is 2.58. The predicted octanol–water partition coefficient (Wildman–Crippen LogP) is 1.77. The summed E-state index contributed by atoms with van der Waals surface area (Å²) in [7, 11) is 0. The van der Waals surface area contributed by atoms with E-state index < -0.39 is 5.97 Å². The molecule has 1 aliphatic rings. The Labute approximate surface area is 146 Å². The zero-order chi connectivity index (χ0) is 18.2. The fourth-order valence-electron chi connectivity index (χ4n) is 2.58. The molecular weight excluding hydrogens is 324 g/mol. The van der Waals surface area contributed by atoms with E-state index in [0.29, 0.717) is 24.2 Å². The number of benzene rings is 1. The third kappa shape index (κ3) is 6.02. The number of ketones is 1. The van der Waals surface area contributed by atoms with E-state index in [0.717, 1.165) is 19.3 Å². The minimum absolute atomic E-state index is 0.0469. The molecule has 0 radical (unpaired) electrons. The van der Waals surface area contributed by atoms with E-state index in [-0.39, 0.29) is 30.7 Å². The van der Waals surface area contributed by atoms with Crippen LogP contribution in [0.3, 0.4) is 0 Å². The van der Waals surface area contributed by atoms with E-state index >= 15 is 0 Å². The molecule has 0 aliphatic carbocycles. The summed E-state index contributed by atoms with van der Waals surface area (Å²) in [5, 5.41) is 2.60. The summed E-state index contributed by atoms with van der Waals surface area (Å²) in [6, 6.07) is 6.32. The Morgan fingerprint density at radius 3 is 2.52 bits per heavy atom. The first-order valence-electron chi connectivity index (χ1n) is 8.30. The highest BCUT2D eigenvalue weighted by atomic mass is 16.5. The van der Waals surface area contributed by atoms with Gasteiger partial charge in [0.25, 0.3) is 0 Å². The van der Waals surface area contributed by atoms with E-state index in [1.807, 2.05) is 0 Å². The van der Waals surface area contributed by atoms with Gasteiger partial charge in [-0.2, -0.15) is 0 Å². The van der Waals surface area contributed by atoms with Crippen LogP contribution < -0.4 is 5.32 Å². The van der Waals surface area contributed by atoms with Crippen molar-refractivity contribution in [2.75, 3.05) is 25.0 Å². The second kappa shape index (κ2) is 8.96. The molecule has 0 atom stereocenters. The lowest BCUT2D eigenvalue weighted by molar-refractivity contribution is -0.148. The summed E-state index contributed by atoms with van der Waals surface area (Å²) in [4.78, 5) is 48.2. The average Bonchev–Trinajstić information content (AvgIpc) is 2.77. The maximum absolute atomic E-state index is 12.0. The molecular formula is C18H22N2O5. The Hall–Kier alpha value is -2.70. The van der Waals surface area contributed by atoms with Crippen LogP contribution in [0.4, 0.5) is 5.69 Å². The molecule has 0 bridgehead atoms. The molecule has 0 spiro atoms. The van der Waals surface area contributed by atoms with Gasteiger partial charge in [0.2, 0.25) is 11.8 Å². The number of amides is 2. The minimum Gasteiger partial charge on any atom is -0.456 e. The number of nitrogens with one attached hydrogen (secondary N) is 1. The lowest BCUT2D eigenvalue weighted by atomic mass is 10.1. The first-order valence-corrected chi connectivity index (χ1v) is 8.30. The number of Topliss-reactive ketones (excluding diaryl/α,β-unsaturated/α-hetero) is 1. The molecule has 0 saturated carbocycles. The zero-order valence-corrected chi connectivity index (χ0v) is 14.2. The summed E-state index contributed by atoms with van der Waals surface area (Å²) >= 11 is 0. The van der Waals surface area contributed by atoms with E-state index in [9.17, 15) is 19.2 Å². The summed E-state index contributed by atoms with van der Waals surface area (Å²) in [5.41, 5.74) is 0.966. The van der Waals surface area contributed by atoms with Crippen LogP contribution in [0.2, 0.25) is 0 Å². The second-order valence-electron chi connectivity index (χ2n) is 5.97. The lowest BCUT2D eigenvalue weighted by Gasteiger charge is -2.19. The van der Waals surface area contributed by atoms with E-state index in [1.165, 1.54) is 11.8 Å². The van der Waals surface area contributed by atoms with Gasteiger partial charge in [0.1, 0.15) is 6.54 Å². The van der Waals surface area contributed by atoms with Gasteiger partial charge in [-0.15, -0.1) is 0 Å². The van der Waals surface area contributed by atoms with Crippen LogP contribution in [0, 0.1) is 0 Å². The maximum atomic E-state index is 12.0. The van der Waals surface area contributed by atoms with Crippen molar-refractivity contribution in [2.45, 2.75) is 32.6 Å².